The van der Waals surface area contributed by atoms with E-state index in [4.69, 9.17) is 23.2 Å². The highest BCUT2D eigenvalue weighted by Crippen LogP contribution is 2.16. The maximum absolute atomic E-state index is 11.8. The lowest BCUT2D eigenvalue weighted by Crippen LogP contribution is -2.28. The Morgan fingerprint density at radius 2 is 2.22 bits per heavy atom. The van der Waals surface area contributed by atoms with Crippen molar-refractivity contribution >= 4 is 29.1 Å². The predicted octanol–water partition coefficient (Wildman–Crippen LogP) is 2.01. The summed E-state index contributed by atoms with van der Waals surface area (Å²) in [6.07, 6.45) is 3.49. The van der Waals surface area contributed by atoms with Gasteiger partial charge in [-0.3, -0.25) is 9.48 Å². The summed E-state index contributed by atoms with van der Waals surface area (Å²) in [6, 6.07) is 4.89. The van der Waals surface area contributed by atoms with Crippen LogP contribution >= 0.6 is 23.2 Å². The highest BCUT2D eigenvalue weighted by Gasteiger charge is 2.12. The van der Waals surface area contributed by atoms with E-state index >= 15 is 0 Å². The summed E-state index contributed by atoms with van der Waals surface area (Å²) >= 11 is 11.6. The van der Waals surface area contributed by atoms with Crippen LogP contribution in [-0.4, -0.2) is 27.2 Å². The molecule has 0 fully saturated rings. The van der Waals surface area contributed by atoms with Gasteiger partial charge in [0.1, 0.15) is 10.8 Å². The van der Waals surface area contributed by atoms with Gasteiger partial charge in [-0.25, -0.2) is 4.98 Å². The molecule has 5 nitrogen and oxygen atoms in total. The van der Waals surface area contributed by atoms with Gasteiger partial charge in [-0.1, -0.05) is 23.2 Å². The van der Waals surface area contributed by atoms with Crippen LogP contribution in [0.2, 0.25) is 10.2 Å². The van der Waals surface area contributed by atoms with E-state index in [9.17, 15) is 4.79 Å². The number of rotatable bonds is 4. The Hall–Kier alpha value is -1.59. The zero-order chi connectivity index (χ0) is 13.0. The molecule has 2 aromatic rings. The van der Waals surface area contributed by atoms with Gasteiger partial charge in [0, 0.05) is 18.9 Å². The van der Waals surface area contributed by atoms with Crippen LogP contribution in [0.25, 0.3) is 0 Å². The van der Waals surface area contributed by atoms with Gasteiger partial charge in [0.25, 0.3) is 5.91 Å². The molecule has 0 aliphatic heterocycles. The second-order valence-electron chi connectivity index (χ2n) is 3.49. The average Bonchev–Trinajstić information content (AvgIpc) is 2.85. The summed E-state index contributed by atoms with van der Waals surface area (Å²) in [5, 5.41) is 7.23. The number of hydrogen-bond acceptors (Lipinski definition) is 3. The van der Waals surface area contributed by atoms with E-state index in [0.717, 1.165) is 0 Å². The lowest BCUT2D eigenvalue weighted by molar-refractivity contribution is 0.0947. The Balaban J connectivity index is 1.93. The number of nitrogens with zero attached hydrogens (tertiary/aromatic N) is 3. The summed E-state index contributed by atoms with van der Waals surface area (Å²) in [7, 11) is 0. The van der Waals surface area contributed by atoms with Crippen molar-refractivity contribution in [1.29, 1.82) is 0 Å². The molecule has 1 N–H and O–H groups in total. The molecule has 0 aliphatic carbocycles. The predicted molar refractivity (Wildman–Crippen MR) is 68.8 cm³/mol. The Bertz CT molecular complexity index is 542. The zero-order valence-corrected chi connectivity index (χ0v) is 10.8. The third kappa shape index (κ3) is 3.21. The van der Waals surface area contributed by atoms with Crippen LogP contribution in [-0.2, 0) is 6.54 Å². The molecule has 18 heavy (non-hydrogen) atoms. The van der Waals surface area contributed by atoms with Gasteiger partial charge in [-0.2, -0.15) is 5.10 Å². The van der Waals surface area contributed by atoms with Crippen molar-refractivity contribution in [2.45, 2.75) is 6.54 Å². The number of nitrogens with one attached hydrogen (secondary N) is 1. The van der Waals surface area contributed by atoms with E-state index in [1.54, 1.807) is 16.9 Å². The molecule has 0 unspecified atom stereocenters. The summed E-state index contributed by atoms with van der Waals surface area (Å²) in [5.74, 6) is -0.352. The molecule has 0 aliphatic rings. The second-order valence-corrected chi connectivity index (χ2v) is 4.28. The van der Waals surface area contributed by atoms with E-state index in [0.29, 0.717) is 13.1 Å². The van der Waals surface area contributed by atoms with Crippen LogP contribution in [0.3, 0.4) is 0 Å². The minimum absolute atomic E-state index is 0.129. The monoisotopic (exact) mass is 284 g/mol. The van der Waals surface area contributed by atoms with E-state index in [1.807, 2.05) is 12.3 Å². The third-order valence-electron chi connectivity index (χ3n) is 2.21. The molecular weight excluding hydrogens is 275 g/mol. The molecule has 0 saturated heterocycles. The van der Waals surface area contributed by atoms with E-state index in [-0.39, 0.29) is 21.8 Å². The van der Waals surface area contributed by atoms with Crippen molar-refractivity contribution in [2.24, 2.45) is 0 Å². The first-order valence-electron chi connectivity index (χ1n) is 5.24. The van der Waals surface area contributed by atoms with Gasteiger partial charge >= 0.3 is 0 Å². The lowest BCUT2D eigenvalue weighted by atomic mass is 10.3. The van der Waals surface area contributed by atoms with Crippen LogP contribution in [0.15, 0.2) is 30.6 Å². The first kappa shape index (κ1) is 12.9. The molecule has 0 radical (unpaired) electrons. The summed E-state index contributed by atoms with van der Waals surface area (Å²) in [6.45, 7) is 1.02. The normalized spacial score (nSPS) is 10.3. The molecule has 1 amide bonds. The highest BCUT2D eigenvalue weighted by atomic mass is 35.5. The molecule has 0 aromatic carbocycles. The van der Waals surface area contributed by atoms with Crippen LogP contribution in [0, 0.1) is 0 Å². The highest BCUT2D eigenvalue weighted by molar-refractivity contribution is 6.34. The SMILES string of the molecule is O=C(NCCn1cccn1)c1nc(Cl)ccc1Cl. The van der Waals surface area contributed by atoms with Crippen molar-refractivity contribution in [3.05, 3.63) is 46.5 Å². The minimum atomic E-state index is -0.352. The largest absolute Gasteiger partial charge is 0.349 e. The topological polar surface area (TPSA) is 59.8 Å². The van der Waals surface area contributed by atoms with Gasteiger partial charge in [-0.15, -0.1) is 0 Å². The fourth-order valence-corrected chi connectivity index (χ4v) is 1.72. The molecule has 0 saturated carbocycles. The number of hydrogen-bond donors (Lipinski definition) is 1. The lowest BCUT2D eigenvalue weighted by Gasteiger charge is -2.06. The molecule has 0 atom stereocenters. The standard InChI is InChI=1S/C11H10Cl2N4O/c12-8-2-3-9(13)16-10(8)11(18)14-5-7-17-6-1-4-15-17/h1-4,6H,5,7H2,(H,14,18). The molecule has 0 spiro atoms. The fourth-order valence-electron chi connectivity index (χ4n) is 1.38. The van der Waals surface area contributed by atoms with E-state index in [2.05, 4.69) is 15.4 Å². The summed E-state index contributed by atoms with van der Waals surface area (Å²) in [5.41, 5.74) is 0.129. The minimum Gasteiger partial charge on any atom is -0.349 e. The second kappa shape index (κ2) is 5.84. The first-order chi connectivity index (χ1) is 8.66. The van der Waals surface area contributed by atoms with E-state index < -0.39 is 0 Å². The van der Waals surface area contributed by atoms with Crippen LogP contribution in [0.4, 0.5) is 0 Å². The van der Waals surface area contributed by atoms with Crippen molar-refractivity contribution in [3.8, 4) is 0 Å². The number of aromatic nitrogens is 3. The molecule has 0 bridgehead atoms. The maximum Gasteiger partial charge on any atom is 0.271 e. The molecule has 94 valence electrons. The Morgan fingerprint density at radius 3 is 2.94 bits per heavy atom. The average molecular weight is 285 g/mol. The van der Waals surface area contributed by atoms with Crippen molar-refractivity contribution in [1.82, 2.24) is 20.1 Å². The van der Waals surface area contributed by atoms with Crippen molar-refractivity contribution < 1.29 is 4.79 Å². The fraction of sp³-hybridized carbons (Fsp3) is 0.182. The Labute approximate surface area is 114 Å². The third-order valence-corrected chi connectivity index (χ3v) is 2.73. The summed E-state index contributed by atoms with van der Waals surface area (Å²) in [4.78, 5) is 15.7. The zero-order valence-electron chi connectivity index (χ0n) is 9.31. The Kier molecular flexibility index (Phi) is 4.17. The molecule has 2 rings (SSSR count). The van der Waals surface area contributed by atoms with Gasteiger partial charge < -0.3 is 5.32 Å². The van der Waals surface area contributed by atoms with Gasteiger partial charge in [0.2, 0.25) is 0 Å². The molecular formula is C11H10Cl2N4O. The van der Waals surface area contributed by atoms with Gasteiger partial charge in [0.05, 0.1) is 11.6 Å². The molecule has 2 aromatic heterocycles. The maximum atomic E-state index is 11.8. The quantitative estimate of drug-likeness (QED) is 0.874. The van der Waals surface area contributed by atoms with Gasteiger partial charge in [-0.05, 0) is 18.2 Å². The van der Waals surface area contributed by atoms with Gasteiger partial charge in [0.15, 0.2) is 0 Å². The number of pyridine rings is 1. The van der Waals surface area contributed by atoms with E-state index in [1.165, 1.54) is 6.07 Å². The van der Waals surface area contributed by atoms with Crippen LogP contribution in [0.5, 0.6) is 0 Å². The summed E-state index contributed by atoms with van der Waals surface area (Å²) < 4.78 is 1.72. The number of halogens is 2. The molecule has 2 heterocycles. The number of amides is 1. The smallest absolute Gasteiger partial charge is 0.271 e. The van der Waals surface area contributed by atoms with Crippen LogP contribution < -0.4 is 5.32 Å². The van der Waals surface area contributed by atoms with Crippen molar-refractivity contribution in [2.75, 3.05) is 6.54 Å². The molecule has 7 heteroatoms. The van der Waals surface area contributed by atoms with Crippen molar-refractivity contribution in [3.63, 3.8) is 0 Å². The number of carbonyl (C=O) groups is 1. The number of carbonyl (C=O) groups excluding carboxylic acids is 1. The first-order valence-corrected chi connectivity index (χ1v) is 6.00. The van der Waals surface area contributed by atoms with Crippen LogP contribution in [0.1, 0.15) is 10.5 Å². The Morgan fingerprint density at radius 1 is 1.39 bits per heavy atom.